The van der Waals surface area contributed by atoms with Crippen LogP contribution in [-0.2, 0) is 9.53 Å². The summed E-state index contributed by atoms with van der Waals surface area (Å²) >= 11 is 0. The molecule has 0 aromatic carbocycles. The molecule has 0 saturated heterocycles. The van der Waals surface area contributed by atoms with Crippen LogP contribution in [0.5, 0.6) is 0 Å². The summed E-state index contributed by atoms with van der Waals surface area (Å²) in [5.74, 6) is -0.329. The van der Waals surface area contributed by atoms with Crippen LogP contribution in [0.1, 0.15) is 6.92 Å². The number of carbonyl (C=O) groups is 1. The smallest absolute Gasteiger partial charge is 0.307 e. The predicted molar refractivity (Wildman–Crippen MR) is 33.2 cm³/mol. The van der Waals surface area contributed by atoms with E-state index in [9.17, 15) is 4.79 Å². The molecule has 0 saturated carbocycles. The van der Waals surface area contributed by atoms with Gasteiger partial charge in [-0.1, -0.05) is 6.58 Å². The average Bonchev–Trinajstić information content (AvgIpc) is 1.72. The van der Waals surface area contributed by atoms with Gasteiger partial charge in [-0.05, 0) is 0 Å². The Morgan fingerprint density at radius 1 is 1.62 bits per heavy atom. The Hall–Kier alpha value is -1.05. The van der Waals surface area contributed by atoms with Crippen molar-refractivity contribution in [1.29, 1.82) is 0 Å². The van der Waals surface area contributed by atoms with E-state index in [4.69, 9.17) is 0 Å². The van der Waals surface area contributed by atoms with Crippen LogP contribution in [0.4, 0.5) is 0 Å². The van der Waals surface area contributed by atoms with Crippen LogP contribution in [0.2, 0.25) is 0 Å². The first kappa shape index (κ1) is 10.0. The van der Waals surface area contributed by atoms with E-state index in [0.717, 1.165) is 6.26 Å². The molecule has 2 heteroatoms. The molecule has 0 radical (unpaired) electrons. The Labute approximate surface area is 49.5 Å². The standard InChI is InChI=1S/C4H6O2.C2H4/c1-3-6-4(2)5;1-2/h3H,1H2,2H3;1-2H2. The number of hydrogen-bond donors (Lipinski definition) is 0. The van der Waals surface area contributed by atoms with E-state index in [1.165, 1.54) is 6.92 Å². The summed E-state index contributed by atoms with van der Waals surface area (Å²) in [5, 5.41) is 0. The van der Waals surface area contributed by atoms with Gasteiger partial charge in [-0.15, -0.1) is 13.2 Å². The molecule has 0 aliphatic carbocycles. The van der Waals surface area contributed by atoms with Gasteiger partial charge in [0.2, 0.25) is 0 Å². The second-order valence-electron chi connectivity index (χ2n) is 0.776. The molecule has 0 atom stereocenters. The predicted octanol–water partition coefficient (Wildman–Crippen LogP) is 1.50. The summed E-state index contributed by atoms with van der Waals surface area (Å²) in [6.45, 7) is 10.5. The summed E-state index contributed by atoms with van der Waals surface area (Å²) < 4.78 is 4.17. The molecule has 0 aliphatic heterocycles. The van der Waals surface area contributed by atoms with Crippen LogP contribution in [0.3, 0.4) is 0 Å². The Morgan fingerprint density at radius 2 is 2.00 bits per heavy atom. The van der Waals surface area contributed by atoms with Crippen LogP contribution in [0, 0.1) is 0 Å². The van der Waals surface area contributed by atoms with E-state index in [-0.39, 0.29) is 5.97 Å². The zero-order valence-electron chi connectivity index (χ0n) is 5.02. The SMILES string of the molecule is C=C.C=COC(C)=O. The molecule has 0 heterocycles. The topological polar surface area (TPSA) is 26.3 Å². The van der Waals surface area contributed by atoms with Crippen LogP contribution in [-0.4, -0.2) is 5.97 Å². The van der Waals surface area contributed by atoms with Gasteiger partial charge < -0.3 is 4.74 Å². The lowest BCUT2D eigenvalue weighted by Gasteiger charge is -1.83. The van der Waals surface area contributed by atoms with Crippen LogP contribution in [0.15, 0.2) is 26.0 Å². The third-order valence-corrected chi connectivity index (χ3v) is 0.249. The van der Waals surface area contributed by atoms with E-state index in [1.54, 1.807) is 0 Å². The van der Waals surface area contributed by atoms with Crippen molar-refractivity contribution in [3.8, 4) is 0 Å². The quantitative estimate of drug-likeness (QED) is 0.293. The van der Waals surface area contributed by atoms with Gasteiger partial charge in [0.25, 0.3) is 0 Å². The fraction of sp³-hybridized carbons (Fsp3) is 0.167. The van der Waals surface area contributed by atoms with Crippen molar-refractivity contribution in [2.75, 3.05) is 0 Å². The van der Waals surface area contributed by atoms with Gasteiger partial charge in [0.1, 0.15) is 0 Å². The second-order valence-corrected chi connectivity index (χ2v) is 0.776. The first-order valence-electron chi connectivity index (χ1n) is 2.05. The van der Waals surface area contributed by atoms with Crippen molar-refractivity contribution >= 4 is 5.97 Å². The first-order valence-corrected chi connectivity index (χ1v) is 2.05. The van der Waals surface area contributed by atoms with Crippen molar-refractivity contribution in [3.63, 3.8) is 0 Å². The van der Waals surface area contributed by atoms with Gasteiger partial charge in [0, 0.05) is 6.92 Å². The summed E-state index contributed by atoms with van der Waals surface area (Å²) in [7, 11) is 0. The molecular formula is C6H10O2. The monoisotopic (exact) mass is 114 g/mol. The first-order chi connectivity index (χ1) is 3.77. The van der Waals surface area contributed by atoms with Gasteiger partial charge >= 0.3 is 5.97 Å². The lowest BCUT2D eigenvalue weighted by molar-refractivity contribution is -0.135. The molecule has 8 heavy (non-hydrogen) atoms. The molecule has 0 spiro atoms. The lowest BCUT2D eigenvalue weighted by atomic mass is 10.8. The highest BCUT2D eigenvalue weighted by molar-refractivity contribution is 5.66. The Bertz CT molecular complexity index is 76.6. The summed E-state index contributed by atoms with van der Waals surface area (Å²) in [5.41, 5.74) is 0. The van der Waals surface area contributed by atoms with Crippen molar-refractivity contribution in [2.24, 2.45) is 0 Å². The molecule has 0 amide bonds. The molecule has 0 unspecified atom stereocenters. The van der Waals surface area contributed by atoms with Gasteiger partial charge in [-0.25, -0.2) is 0 Å². The normalized spacial score (nSPS) is 5.62. The average molecular weight is 114 g/mol. The van der Waals surface area contributed by atoms with E-state index >= 15 is 0 Å². The van der Waals surface area contributed by atoms with Gasteiger partial charge in [-0.3, -0.25) is 4.79 Å². The third-order valence-electron chi connectivity index (χ3n) is 0.249. The molecule has 46 valence electrons. The summed E-state index contributed by atoms with van der Waals surface area (Å²) in [6, 6.07) is 0. The zero-order valence-corrected chi connectivity index (χ0v) is 5.02. The van der Waals surface area contributed by atoms with Gasteiger partial charge in [-0.2, -0.15) is 0 Å². The molecule has 0 aromatic heterocycles. The minimum absolute atomic E-state index is 0.329. The molecule has 0 aliphatic rings. The van der Waals surface area contributed by atoms with Crippen molar-refractivity contribution in [3.05, 3.63) is 26.0 Å². The summed E-state index contributed by atoms with van der Waals surface area (Å²) in [4.78, 5) is 9.75. The van der Waals surface area contributed by atoms with Crippen molar-refractivity contribution < 1.29 is 9.53 Å². The third kappa shape index (κ3) is 20.3. The van der Waals surface area contributed by atoms with Crippen molar-refractivity contribution in [2.45, 2.75) is 6.92 Å². The molecule has 0 N–H and O–H groups in total. The van der Waals surface area contributed by atoms with Crippen LogP contribution >= 0.6 is 0 Å². The van der Waals surface area contributed by atoms with E-state index in [0.29, 0.717) is 0 Å². The molecule has 0 aromatic rings. The van der Waals surface area contributed by atoms with E-state index in [1.807, 2.05) is 0 Å². The number of ether oxygens (including phenoxy) is 1. The Kier molecular flexibility index (Phi) is 11.7. The molecule has 0 fully saturated rings. The molecule has 0 rings (SSSR count). The highest BCUT2D eigenvalue weighted by Crippen LogP contribution is 1.70. The Morgan fingerprint density at radius 3 is 2.00 bits per heavy atom. The van der Waals surface area contributed by atoms with Crippen molar-refractivity contribution in [1.82, 2.24) is 0 Å². The van der Waals surface area contributed by atoms with Gasteiger partial charge in [0.15, 0.2) is 0 Å². The minimum Gasteiger partial charge on any atom is -0.435 e. The lowest BCUT2D eigenvalue weighted by Crippen LogP contribution is -1.87. The fourth-order valence-corrected chi connectivity index (χ4v) is 0.117. The molecular weight excluding hydrogens is 104 g/mol. The fourth-order valence-electron chi connectivity index (χ4n) is 0.117. The highest BCUT2D eigenvalue weighted by Gasteiger charge is 1.79. The maximum absolute atomic E-state index is 9.75. The maximum atomic E-state index is 9.75. The van der Waals surface area contributed by atoms with Gasteiger partial charge in [0.05, 0.1) is 6.26 Å². The number of carbonyl (C=O) groups excluding carboxylic acids is 1. The molecule has 2 nitrogen and oxygen atoms in total. The van der Waals surface area contributed by atoms with Crippen LogP contribution < -0.4 is 0 Å². The number of esters is 1. The minimum atomic E-state index is -0.329. The molecule has 0 bridgehead atoms. The van der Waals surface area contributed by atoms with Crippen LogP contribution in [0.25, 0.3) is 0 Å². The Balaban J connectivity index is 0. The zero-order chi connectivity index (χ0) is 6.99. The highest BCUT2D eigenvalue weighted by atomic mass is 16.5. The number of hydrogen-bond acceptors (Lipinski definition) is 2. The second kappa shape index (κ2) is 9.34. The van der Waals surface area contributed by atoms with E-state index < -0.39 is 0 Å². The number of rotatable bonds is 1. The summed E-state index contributed by atoms with van der Waals surface area (Å²) in [6.07, 6.45) is 1.10. The van der Waals surface area contributed by atoms with E-state index in [2.05, 4.69) is 24.5 Å². The maximum Gasteiger partial charge on any atom is 0.307 e. The largest absolute Gasteiger partial charge is 0.435 e.